The lowest BCUT2D eigenvalue weighted by Crippen LogP contribution is -2.25. The zero-order valence-corrected chi connectivity index (χ0v) is 12.7. The van der Waals surface area contributed by atoms with Crippen molar-refractivity contribution in [2.75, 3.05) is 30.3 Å². The third-order valence-corrected chi connectivity index (χ3v) is 2.61. The van der Waals surface area contributed by atoms with E-state index >= 15 is 0 Å². The monoisotopic (exact) mass is 372 g/mol. The second-order valence-corrected chi connectivity index (χ2v) is 3.76. The largest absolute Gasteiger partial charge is 0.394 e. The first-order valence-electron chi connectivity index (χ1n) is 5.07. The number of nitrogens with two attached hydrogens (primary N) is 1. The lowest BCUT2D eigenvalue weighted by atomic mass is 10.3. The molecule has 0 aliphatic carbocycles. The van der Waals surface area contributed by atoms with Crippen molar-refractivity contribution in [3.63, 3.8) is 0 Å². The van der Waals surface area contributed by atoms with Gasteiger partial charge in [-0.25, -0.2) is 4.68 Å². The molecule has 1 atom stereocenters. The summed E-state index contributed by atoms with van der Waals surface area (Å²) in [5.74, 6) is 0.806. The molecular formula is C9H18Br2N4O2. The Morgan fingerprint density at radius 3 is 2.71 bits per heavy atom. The Hall–Kier alpha value is -0.310. The fourth-order valence-electron chi connectivity index (χ4n) is 1.93. The number of nitrogen functional groups attached to an aromatic ring is 1. The van der Waals surface area contributed by atoms with Gasteiger partial charge < -0.3 is 20.8 Å². The van der Waals surface area contributed by atoms with Crippen LogP contribution in [0.3, 0.4) is 0 Å². The molecule has 0 saturated carbocycles. The fraction of sp³-hybridized carbons (Fsp3) is 0.667. The van der Waals surface area contributed by atoms with Gasteiger partial charge in [0.15, 0.2) is 5.82 Å². The van der Waals surface area contributed by atoms with Crippen LogP contribution in [0.4, 0.5) is 11.5 Å². The van der Waals surface area contributed by atoms with Crippen molar-refractivity contribution in [3.05, 3.63) is 6.20 Å². The summed E-state index contributed by atoms with van der Waals surface area (Å²) in [4.78, 5) is 2.00. The summed E-state index contributed by atoms with van der Waals surface area (Å²) in [7, 11) is 0. The van der Waals surface area contributed by atoms with Crippen LogP contribution >= 0.6 is 34.0 Å². The van der Waals surface area contributed by atoms with Gasteiger partial charge in [-0.1, -0.05) is 0 Å². The van der Waals surface area contributed by atoms with Crippen LogP contribution < -0.4 is 10.6 Å². The Balaban J connectivity index is 0.00000128. The minimum atomic E-state index is -0.290. The Kier molecular flexibility index (Phi) is 7.07. The highest BCUT2D eigenvalue weighted by Crippen LogP contribution is 2.26. The number of aliphatic hydroxyl groups is 2. The molecule has 1 aliphatic heterocycles. The molecule has 4 N–H and O–H groups in total. The van der Waals surface area contributed by atoms with E-state index in [2.05, 4.69) is 5.10 Å². The first-order valence-corrected chi connectivity index (χ1v) is 5.07. The average Bonchev–Trinajstić information content (AvgIpc) is 2.74. The molecule has 6 nitrogen and oxygen atoms in total. The van der Waals surface area contributed by atoms with E-state index in [0.717, 1.165) is 18.8 Å². The lowest BCUT2D eigenvalue weighted by Gasteiger charge is -2.19. The molecule has 1 aliphatic rings. The maximum atomic E-state index is 9.45. The zero-order chi connectivity index (χ0) is 10.8. The molecular weight excluding hydrogens is 356 g/mol. The van der Waals surface area contributed by atoms with E-state index in [1.54, 1.807) is 10.9 Å². The Morgan fingerprint density at radius 2 is 2.18 bits per heavy atom. The van der Waals surface area contributed by atoms with Gasteiger partial charge >= 0.3 is 0 Å². The zero-order valence-electron chi connectivity index (χ0n) is 9.32. The highest BCUT2D eigenvalue weighted by atomic mass is 79.9. The van der Waals surface area contributed by atoms with Gasteiger partial charge in [0.1, 0.15) is 0 Å². The molecule has 2 rings (SSSR count). The van der Waals surface area contributed by atoms with Crippen molar-refractivity contribution >= 4 is 45.5 Å². The predicted molar refractivity (Wildman–Crippen MR) is 77.2 cm³/mol. The molecule has 0 bridgehead atoms. The minimum Gasteiger partial charge on any atom is -0.394 e. The molecule has 0 aromatic carbocycles. The second kappa shape index (κ2) is 7.20. The summed E-state index contributed by atoms with van der Waals surface area (Å²) in [6.07, 6.45) is 2.04. The summed E-state index contributed by atoms with van der Waals surface area (Å²) in [6.45, 7) is 1.83. The van der Waals surface area contributed by atoms with Gasteiger partial charge in [0.25, 0.3) is 0 Å². The van der Waals surface area contributed by atoms with E-state index in [1.807, 2.05) is 4.90 Å². The molecule has 0 amide bonds. The molecule has 0 radical (unpaired) electrons. The average molecular weight is 374 g/mol. The van der Waals surface area contributed by atoms with Gasteiger partial charge in [-0.2, -0.15) is 5.10 Å². The number of nitrogens with zero attached hydrogens (tertiary/aromatic N) is 3. The molecule has 8 heteroatoms. The van der Waals surface area contributed by atoms with Gasteiger partial charge in [-0.3, -0.25) is 0 Å². The standard InChI is InChI=1S/C9H16N4O2.2BrH/c10-8-5-11-13(3-4-14)9(8)12-2-1-7(15)6-12;;/h5,7,14-15H,1-4,6,10H2;2*1H. The Bertz CT molecular complexity index is 348. The van der Waals surface area contributed by atoms with Crippen LogP contribution in [0.15, 0.2) is 6.20 Å². The molecule has 0 spiro atoms. The second-order valence-electron chi connectivity index (χ2n) is 3.76. The van der Waals surface area contributed by atoms with Crippen LogP contribution in [-0.4, -0.2) is 45.8 Å². The van der Waals surface area contributed by atoms with Crippen molar-refractivity contribution in [2.24, 2.45) is 0 Å². The predicted octanol–water partition coefficient (Wildman–Crippen LogP) is 0.184. The molecule has 17 heavy (non-hydrogen) atoms. The summed E-state index contributed by atoms with van der Waals surface area (Å²) in [5.41, 5.74) is 6.40. The van der Waals surface area contributed by atoms with Gasteiger partial charge in [0.05, 0.1) is 31.1 Å². The fourth-order valence-corrected chi connectivity index (χ4v) is 1.93. The van der Waals surface area contributed by atoms with Crippen molar-refractivity contribution in [1.29, 1.82) is 0 Å². The van der Waals surface area contributed by atoms with Gasteiger partial charge in [0.2, 0.25) is 0 Å². The maximum Gasteiger partial charge on any atom is 0.150 e. The van der Waals surface area contributed by atoms with E-state index in [0.29, 0.717) is 18.8 Å². The number of β-amino-alcohol motifs (C(OH)–C–C–N with tert-alkyl or cyclic N) is 1. The quantitative estimate of drug-likeness (QED) is 0.703. The summed E-state index contributed by atoms with van der Waals surface area (Å²) in [5, 5.41) is 22.4. The van der Waals surface area contributed by atoms with Gasteiger partial charge in [-0.15, -0.1) is 34.0 Å². The molecule has 1 saturated heterocycles. The third-order valence-electron chi connectivity index (χ3n) is 2.61. The van der Waals surface area contributed by atoms with Gasteiger partial charge in [0, 0.05) is 13.1 Å². The number of aromatic nitrogens is 2. The van der Waals surface area contributed by atoms with Crippen molar-refractivity contribution in [2.45, 2.75) is 19.1 Å². The van der Waals surface area contributed by atoms with E-state index in [-0.39, 0.29) is 46.7 Å². The summed E-state index contributed by atoms with van der Waals surface area (Å²) >= 11 is 0. The van der Waals surface area contributed by atoms with Crippen LogP contribution in [0.1, 0.15) is 6.42 Å². The van der Waals surface area contributed by atoms with E-state index in [1.165, 1.54) is 0 Å². The third kappa shape index (κ3) is 3.57. The number of rotatable bonds is 3. The maximum absolute atomic E-state index is 9.45. The van der Waals surface area contributed by atoms with Crippen molar-refractivity contribution in [3.8, 4) is 0 Å². The molecule has 100 valence electrons. The molecule has 1 aromatic rings. The van der Waals surface area contributed by atoms with Crippen molar-refractivity contribution < 1.29 is 10.2 Å². The first kappa shape index (κ1) is 16.7. The number of hydrogen-bond donors (Lipinski definition) is 3. The molecule has 1 aromatic heterocycles. The van der Waals surface area contributed by atoms with Crippen molar-refractivity contribution in [1.82, 2.24) is 9.78 Å². The number of hydrogen-bond acceptors (Lipinski definition) is 5. The Morgan fingerprint density at radius 1 is 1.47 bits per heavy atom. The number of halogens is 2. The van der Waals surface area contributed by atoms with E-state index in [9.17, 15) is 5.11 Å². The number of aliphatic hydroxyl groups excluding tert-OH is 2. The minimum absolute atomic E-state index is 0. The number of anilines is 2. The van der Waals surface area contributed by atoms with Crippen LogP contribution in [0.25, 0.3) is 0 Å². The van der Waals surface area contributed by atoms with E-state index < -0.39 is 0 Å². The van der Waals surface area contributed by atoms with Crippen LogP contribution in [-0.2, 0) is 6.54 Å². The van der Waals surface area contributed by atoms with Crippen LogP contribution in [0, 0.1) is 0 Å². The lowest BCUT2D eigenvalue weighted by molar-refractivity contribution is 0.198. The molecule has 2 heterocycles. The SMILES string of the molecule is Br.Br.Nc1cnn(CCO)c1N1CCC(O)C1. The highest BCUT2D eigenvalue weighted by Gasteiger charge is 2.24. The normalized spacial score (nSPS) is 18.7. The topological polar surface area (TPSA) is 87.5 Å². The highest BCUT2D eigenvalue weighted by molar-refractivity contribution is 8.93. The molecule has 1 unspecified atom stereocenters. The van der Waals surface area contributed by atoms with Crippen LogP contribution in [0.5, 0.6) is 0 Å². The molecule has 1 fully saturated rings. The summed E-state index contributed by atoms with van der Waals surface area (Å²) in [6, 6.07) is 0. The van der Waals surface area contributed by atoms with Gasteiger partial charge in [-0.05, 0) is 6.42 Å². The Labute approximate surface area is 121 Å². The first-order chi connectivity index (χ1) is 7.22. The van der Waals surface area contributed by atoms with E-state index in [4.69, 9.17) is 10.8 Å². The van der Waals surface area contributed by atoms with Crippen LogP contribution in [0.2, 0.25) is 0 Å². The smallest absolute Gasteiger partial charge is 0.150 e. The summed E-state index contributed by atoms with van der Waals surface area (Å²) < 4.78 is 1.67.